The topological polar surface area (TPSA) is 59.9 Å². The molecule has 0 spiro atoms. The number of aromatic nitrogens is 1. The highest BCUT2D eigenvalue weighted by atomic mass is 16.3. The molecule has 6 heteroatoms. The van der Waals surface area contributed by atoms with Crippen LogP contribution in [0.2, 0.25) is 0 Å². The molecule has 1 saturated carbocycles. The zero-order chi connectivity index (χ0) is 17.2. The number of amides is 1. The number of pyridine rings is 1. The van der Waals surface area contributed by atoms with Gasteiger partial charge in [-0.25, -0.2) is 4.98 Å². The molecule has 4 rings (SSSR count). The molecule has 2 atom stereocenters. The van der Waals surface area contributed by atoms with Crippen LogP contribution in [0, 0.1) is 0 Å². The van der Waals surface area contributed by atoms with E-state index in [0.29, 0.717) is 11.6 Å². The Morgan fingerprint density at radius 2 is 1.76 bits per heavy atom. The lowest BCUT2D eigenvalue weighted by atomic mass is 10.1. The maximum Gasteiger partial charge on any atom is 0.255 e. The van der Waals surface area contributed by atoms with Crippen molar-refractivity contribution in [2.24, 2.45) is 0 Å². The summed E-state index contributed by atoms with van der Waals surface area (Å²) in [6.07, 6.45) is 7.09. The highest BCUT2D eigenvalue weighted by molar-refractivity contribution is 5.94. The van der Waals surface area contributed by atoms with Gasteiger partial charge >= 0.3 is 0 Å². The Morgan fingerprint density at radius 3 is 2.36 bits per heavy atom. The first-order chi connectivity index (χ1) is 12.2. The van der Waals surface area contributed by atoms with Gasteiger partial charge in [0.15, 0.2) is 0 Å². The maximum absolute atomic E-state index is 12.7. The summed E-state index contributed by atoms with van der Waals surface area (Å²) in [5.74, 6) is 1.06. The van der Waals surface area contributed by atoms with Gasteiger partial charge in [0.25, 0.3) is 5.91 Å². The number of aliphatic hydroxyl groups is 1. The number of rotatable bonds is 3. The van der Waals surface area contributed by atoms with E-state index in [1.165, 1.54) is 12.8 Å². The van der Waals surface area contributed by atoms with E-state index in [4.69, 9.17) is 0 Å². The monoisotopic (exact) mass is 344 g/mol. The number of piperazine rings is 1. The quantitative estimate of drug-likeness (QED) is 0.897. The van der Waals surface area contributed by atoms with Gasteiger partial charge in [0.2, 0.25) is 0 Å². The van der Waals surface area contributed by atoms with Crippen molar-refractivity contribution in [1.82, 2.24) is 14.8 Å². The molecule has 3 aliphatic rings. The third-order valence-electron chi connectivity index (χ3n) is 5.94. The Morgan fingerprint density at radius 1 is 1.00 bits per heavy atom. The van der Waals surface area contributed by atoms with E-state index in [1.54, 1.807) is 6.20 Å². The van der Waals surface area contributed by atoms with E-state index in [2.05, 4.69) is 14.8 Å². The molecule has 1 N–H and O–H groups in total. The zero-order valence-corrected chi connectivity index (χ0v) is 14.8. The van der Waals surface area contributed by atoms with Gasteiger partial charge in [-0.05, 0) is 44.2 Å². The predicted octanol–water partition coefficient (Wildman–Crippen LogP) is 1.35. The summed E-state index contributed by atoms with van der Waals surface area (Å²) >= 11 is 0. The molecule has 1 amide bonds. The van der Waals surface area contributed by atoms with E-state index in [1.807, 2.05) is 17.0 Å². The Kier molecular flexibility index (Phi) is 4.90. The minimum Gasteiger partial charge on any atom is -0.391 e. The van der Waals surface area contributed by atoms with Crippen LogP contribution >= 0.6 is 0 Å². The van der Waals surface area contributed by atoms with E-state index in [9.17, 15) is 9.90 Å². The van der Waals surface area contributed by atoms with Crippen LogP contribution < -0.4 is 4.90 Å². The molecule has 1 aromatic heterocycles. The molecule has 0 radical (unpaired) electrons. The minimum atomic E-state index is -0.190. The average Bonchev–Trinajstić information content (AvgIpc) is 3.33. The van der Waals surface area contributed by atoms with Crippen molar-refractivity contribution < 1.29 is 9.90 Å². The van der Waals surface area contributed by atoms with Crippen LogP contribution in [0.5, 0.6) is 0 Å². The fourth-order valence-corrected chi connectivity index (χ4v) is 4.43. The number of carbonyl (C=O) groups is 1. The molecule has 0 bridgehead atoms. The molecular formula is C19H28N4O2. The van der Waals surface area contributed by atoms with Gasteiger partial charge in [-0.15, -0.1) is 0 Å². The van der Waals surface area contributed by atoms with Crippen LogP contribution in [0.1, 0.15) is 42.5 Å². The number of hydrogen-bond donors (Lipinski definition) is 1. The highest BCUT2D eigenvalue weighted by Gasteiger charge is 2.33. The van der Waals surface area contributed by atoms with Gasteiger partial charge in [0.05, 0.1) is 11.7 Å². The van der Waals surface area contributed by atoms with Crippen LogP contribution in [-0.2, 0) is 0 Å². The molecule has 3 heterocycles. The third kappa shape index (κ3) is 3.51. The van der Waals surface area contributed by atoms with Crippen molar-refractivity contribution in [2.45, 2.75) is 44.2 Å². The molecular weight excluding hydrogens is 316 g/mol. The maximum atomic E-state index is 12.7. The molecule has 0 aromatic carbocycles. The number of nitrogens with zero attached hydrogens (tertiary/aromatic N) is 4. The first-order valence-electron chi connectivity index (χ1n) is 9.65. The second kappa shape index (κ2) is 7.30. The van der Waals surface area contributed by atoms with Gasteiger partial charge in [-0.2, -0.15) is 0 Å². The van der Waals surface area contributed by atoms with Crippen molar-refractivity contribution in [3.63, 3.8) is 0 Å². The molecule has 6 nitrogen and oxygen atoms in total. The smallest absolute Gasteiger partial charge is 0.255 e. The van der Waals surface area contributed by atoms with Gasteiger partial charge in [0, 0.05) is 51.5 Å². The van der Waals surface area contributed by atoms with Gasteiger partial charge < -0.3 is 14.9 Å². The van der Waals surface area contributed by atoms with Crippen LogP contribution in [0.15, 0.2) is 18.3 Å². The summed E-state index contributed by atoms with van der Waals surface area (Å²) in [6.45, 7) is 5.30. The average molecular weight is 344 g/mol. The summed E-state index contributed by atoms with van der Waals surface area (Å²) in [4.78, 5) is 23.8. The third-order valence-corrected chi connectivity index (χ3v) is 5.94. The molecule has 25 heavy (non-hydrogen) atoms. The fourth-order valence-electron chi connectivity index (χ4n) is 4.43. The molecule has 2 saturated heterocycles. The number of carbonyl (C=O) groups excluding carboxylic acids is 1. The first-order valence-corrected chi connectivity index (χ1v) is 9.65. The van der Waals surface area contributed by atoms with Gasteiger partial charge in [-0.1, -0.05) is 0 Å². The standard InChI is InChI=1S/C19H28N4O2/c24-17-5-3-4-16(17)21-10-12-23(13-11-21)19(25)15-6-7-18(20-14-15)22-8-1-2-9-22/h6-7,14,16-17,24H,1-5,8-13H2/t16-,17+/m0/s1. The van der Waals surface area contributed by atoms with Crippen molar-refractivity contribution in [3.8, 4) is 0 Å². The summed E-state index contributed by atoms with van der Waals surface area (Å²) in [5, 5.41) is 10.1. The van der Waals surface area contributed by atoms with Crippen molar-refractivity contribution in [2.75, 3.05) is 44.2 Å². The largest absolute Gasteiger partial charge is 0.391 e. The predicted molar refractivity (Wildman–Crippen MR) is 96.8 cm³/mol. The molecule has 1 aromatic rings. The summed E-state index contributed by atoms with van der Waals surface area (Å²) in [5.41, 5.74) is 0.678. The minimum absolute atomic E-state index is 0.0760. The lowest BCUT2D eigenvalue weighted by Crippen LogP contribution is -2.53. The fraction of sp³-hybridized carbons (Fsp3) is 0.684. The zero-order valence-electron chi connectivity index (χ0n) is 14.8. The van der Waals surface area contributed by atoms with E-state index >= 15 is 0 Å². The molecule has 136 valence electrons. The highest BCUT2D eigenvalue weighted by Crippen LogP contribution is 2.25. The van der Waals surface area contributed by atoms with Crippen molar-refractivity contribution in [3.05, 3.63) is 23.9 Å². The first kappa shape index (κ1) is 16.8. The van der Waals surface area contributed by atoms with Crippen molar-refractivity contribution >= 4 is 11.7 Å². The Balaban J connectivity index is 1.34. The van der Waals surface area contributed by atoms with Crippen LogP contribution in [-0.4, -0.2) is 77.2 Å². The Bertz CT molecular complexity index is 592. The number of anilines is 1. The van der Waals surface area contributed by atoms with E-state index in [0.717, 1.165) is 64.3 Å². The molecule has 1 aliphatic carbocycles. The second-order valence-corrected chi connectivity index (χ2v) is 7.49. The van der Waals surface area contributed by atoms with Crippen LogP contribution in [0.4, 0.5) is 5.82 Å². The number of aliphatic hydroxyl groups excluding tert-OH is 1. The second-order valence-electron chi connectivity index (χ2n) is 7.49. The van der Waals surface area contributed by atoms with Crippen LogP contribution in [0.25, 0.3) is 0 Å². The molecule has 0 unspecified atom stereocenters. The summed E-state index contributed by atoms with van der Waals surface area (Å²) in [7, 11) is 0. The molecule has 2 aliphatic heterocycles. The normalized spacial score (nSPS) is 27.9. The summed E-state index contributed by atoms with van der Waals surface area (Å²) in [6, 6.07) is 4.18. The SMILES string of the molecule is O=C(c1ccc(N2CCCC2)nc1)N1CCN([C@H]2CCC[C@H]2O)CC1. The van der Waals surface area contributed by atoms with Crippen LogP contribution in [0.3, 0.4) is 0 Å². The Labute approximate surface area is 149 Å². The van der Waals surface area contributed by atoms with E-state index < -0.39 is 0 Å². The lowest BCUT2D eigenvalue weighted by Gasteiger charge is -2.39. The number of hydrogen-bond acceptors (Lipinski definition) is 5. The van der Waals surface area contributed by atoms with Crippen molar-refractivity contribution in [1.29, 1.82) is 0 Å². The molecule has 3 fully saturated rings. The van der Waals surface area contributed by atoms with E-state index in [-0.39, 0.29) is 12.0 Å². The lowest BCUT2D eigenvalue weighted by molar-refractivity contribution is 0.0315. The van der Waals surface area contributed by atoms with Gasteiger partial charge in [0.1, 0.15) is 5.82 Å². The Hall–Kier alpha value is -1.66. The summed E-state index contributed by atoms with van der Waals surface area (Å²) < 4.78 is 0. The van der Waals surface area contributed by atoms with Gasteiger partial charge in [-0.3, -0.25) is 9.69 Å².